The fourth-order valence-electron chi connectivity index (χ4n) is 2.02. The van der Waals surface area contributed by atoms with Gasteiger partial charge in [-0.2, -0.15) is 0 Å². The molecule has 0 aliphatic rings. The molecule has 0 atom stereocenters. The largest absolute Gasteiger partial charge is 0.465 e. The zero-order chi connectivity index (χ0) is 13.7. The second-order valence-electron chi connectivity index (χ2n) is 5.07. The van der Waals surface area contributed by atoms with Gasteiger partial charge in [0.05, 0.1) is 18.4 Å². The van der Waals surface area contributed by atoms with Gasteiger partial charge in [0.2, 0.25) is 0 Å². The number of ether oxygens (including phenoxy) is 1. The van der Waals surface area contributed by atoms with E-state index >= 15 is 0 Å². The molecular formula is C14H22N2O2. The lowest BCUT2D eigenvalue weighted by atomic mass is 10.1. The van der Waals surface area contributed by atoms with E-state index in [4.69, 9.17) is 4.74 Å². The molecule has 0 aliphatic heterocycles. The number of pyridine rings is 1. The van der Waals surface area contributed by atoms with E-state index in [2.05, 4.69) is 30.8 Å². The van der Waals surface area contributed by atoms with Crippen molar-refractivity contribution in [2.45, 2.75) is 27.3 Å². The maximum absolute atomic E-state index is 11.5. The van der Waals surface area contributed by atoms with Crippen LogP contribution in [0.3, 0.4) is 0 Å². The van der Waals surface area contributed by atoms with Gasteiger partial charge in [0.1, 0.15) is 0 Å². The zero-order valence-electron chi connectivity index (χ0n) is 11.9. The van der Waals surface area contributed by atoms with E-state index < -0.39 is 0 Å². The Morgan fingerprint density at radius 3 is 2.67 bits per heavy atom. The van der Waals surface area contributed by atoms with E-state index in [-0.39, 0.29) is 5.97 Å². The summed E-state index contributed by atoms with van der Waals surface area (Å²) >= 11 is 0. The molecule has 4 nitrogen and oxygen atoms in total. The number of hydrogen-bond acceptors (Lipinski definition) is 4. The Kier molecular flexibility index (Phi) is 5.28. The smallest absolute Gasteiger partial charge is 0.337 e. The Morgan fingerprint density at radius 1 is 1.44 bits per heavy atom. The van der Waals surface area contributed by atoms with Crippen LogP contribution >= 0.6 is 0 Å². The summed E-state index contributed by atoms with van der Waals surface area (Å²) in [4.78, 5) is 18.2. The van der Waals surface area contributed by atoms with Crippen LogP contribution < -0.4 is 0 Å². The quantitative estimate of drug-likeness (QED) is 0.752. The Bertz CT molecular complexity index is 416. The van der Waals surface area contributed by atoms with Crippen LogP contribution in [0.1, 0.15) is 35.6 Å². The van der Waals surface area contributed by atoms with E-state index in [0.29, 0.717) is 11.5 Å². The van der Waals surface area contributed by atoms with Gasteiger partial charge in [0.25, 0.3) is 0 Å². The van der Waals surface area contributed by atoms with Crippen molar-refractivity contribution < 1.29 is 9.53 Å². The molecule has 0 bridgehead atoms. The molecule has 1 aromatic rings. The Morgan fingerprint density at radius 2 is 2.11 bits per heavy atom. The molecule has 4 heteroatoms. The second-order valence-corrected chi connectivity index (χ2v) is 5.07. The van der Waals surface area contributed by atoms with Gasteiger partial charge in [-0.15, -0.1) is 0 Å². The maximum atomic E-state index is 11.5. The highest BCUT2D eigenvalue weighted by atomic mass is 16.5. The van der Waals surface area contributed by atoms with E-state index in [1.54, 1.807) is 12.1 Å². The van der Waals surface area contributed by atoms with Crippen LogP contribution in [-0.4, -0.2) is 36.6 Å². The van der Waals surface area contributed by atoms with E-state index in [9.17, 15) is 4.79 Å². The molecule has 0 aliphatic carbocycles. The van der Waals surface area contributed by atoms with Crippen molar-refractivity contribution in [2.75, 3.05) is 20.7 Å². The normalized spacial score (nSPS) is 11.1. The molecule has 0 radical (unpaired) electrons. The first-order chi connectivity index (χ1) is 8.42. The first-order valence-electron chi connectivity index (χ1n) is 6.16. The second kappa shape index (κ2) is 6.50. The maximum Gasteiger partial charge on any atom is 0.337 e. The molecule has 1 heterocycles. The van der Waals surface area contributed by atoms with Crippen molar-refractivity contribution >= 4 is 5.97 Å². The molecule has 1 aromatic heterocycles. The summed E-state index contributed by atoms with van der Waals surface area (Å²) < 4.78 is 4.74. The number of carbonyl (C=O) groups excluding carboxylic acids is 1. The third-order valence-electron chi connectivity index (χ3n) is 2.54. The van der Waals surface area contributed by atoms with E-state index in [1.165, 1.54) is 7.11 Å². The van der Waals surface area contributed by atoms with Crippen molar-refractivity contribution in [3.8, 4) is 0 Å². The molecule has 0 N–H and O–H groups in total. The lowest BCUT2D eigenvalue weighted by Crippen LogP contribution is -2.23. The first-order valence-corrected chi connectivity index (χ1v) is 6.16. The minimum Gasteiger partial charge on any atom is -0.465 e. The van der Waals surface area contributed by atoms with E-state index in [1.807, 2.05) is 6.92 Å². The lowest BCUT2D eigenvalue weighted by Gasteiger charge is -2.18. The van der Waals surface area contributed by atoms with Crippen molar-refractivity contribution in [1.82, 2.24) is 9.88 Å². The summed E-state index contributed by atoms with van der Waals surface area (Å²) in [5.41, 5.74) is 2.31. The molecule has 1 rings (SSSR count). The summed E-state index contributed by atoms with van der Waals surface area (Å²) in [5, 5.41) is 0. The van der Waals surface area contributed by atoms with Crippen molar-refractivity contribution in [1.29, 1.82) is 0 Å². The van der Waals surface area contributed by atoms with Crippen LogP contribution in [-0.2, 0) is 11.3 Å². The van der Waals surface area contributed by atoms with Crippen LogP contribution in [0.15, 0.2) is 12.1 Å². The number of aromatic nitrogens is 1. The Balaban J connectivity index is 2.83. The minimum absolute atomic E-state index is 0.312. The third-order valence-corrected chi connectivity index (χ3v) is 2.54. The summed E-state index contributed by atoms with van der Waals surface area (Å²) in [6.07, 6.45) is 0. The van der Waals surface area contributed by atoms with Crippen LogP contribution in [0.2, 0.25) is 0 Å². The number of esters is 1. The van der Waals surface area contributed by atoms with Gasteiger partial charge in [-0.05, 0) is 32.0 Å². The summed E-state index contributed by atoms with van der Waals surface area (Å²) in [5.74, 6) is 0.299. The number of nitrogens with zero attached hydrogens (tertiary/aromatic N) is 2. The van der Waals surface area contributed by atoms with Gasteiger partial charge in [-0.3, -0.25) is 4.98 Å². The predicted octanol–water partition coefficient (Wildman–Crippen LogP) is 2.26. The molecule has 0 fully saturated rings. The van der Waals surface area contributed by atoms with Gasteiger partial charge in [-0.25, -0.2) is 4.79 Å². The molecule has 0 unspecified atom stereocenters. The average molecular weight is 250 g/mol. The molecular weight excluding hydrogens is 228 g/mol. The minimum atomic E-state index is -0.312. The van der Waals surface area contributed by atoms with Crippen LogP contribution in [0.25, 0.3) is 0 Å². The summed E-state index contributed by atoms with van der Waals surface area (Å²) in [6.45, 7) is 7.99. The molecule has 100 valence electrons. The molecule has 18 heavy (non-hydrogen) atoms. The number of aryl methyl sites for hydroxylation is 1. The fourth-order valence-corrected chi connectivity index (χ4v) is 2.02. The standard InChI is InChI=1S/C14H22N2O2/c1-10(2)8-16(4)9-13-7-12(14(17)18-5)6-11(3)15-13/h6-7,10H,8-9H2,1-5H3. The highest BCUT2D eigenvalue weighted by molar-refractivity contribution is 5.89. The number of rotatable bonds is 5. The highest BCUT2D eigenvalue weighted by Gasteiger charge is 2.10. The molecule has 0 saturated heterocycles. The highest BCUT2D eigenvalue weighted by Crippen LogP contribution is 2.10. The van der Waals surface area contributed by atoms with Crippen molar-refractivity contribution in [3.63, 3.8) is 0 Å². The van der Waals surface area contributed by atoms with Gasteiger partial charge in [0, 0.05) is 18.8 Å². The first kappa shape index (κ1) is 14.6. The molecule has 0 saturated carbocycles. The number of methoxy groups -OCH3 is 1. The SMILES string of the molecule is COC(=O)c1cc(C)nc(CN(C)CC(C)C)c1. The fraction of sp³-hybridized carbons (Fsp3) is 0.571. The molecule has 0 amide bonds. The summed E-state index contributed by atoms with van der Waals surface area (Å²) in [7, 11) is 3.45. The monoisotopic (exact) mass is 250 g/mol. The van der Waals surface area contributed by atoms with Gasteiger partial charge >= 0.3 is 5.97 Å². The number of hydrogen-bond donors (Lipinski definition) is 0. The summed E-state index contributed by atoms with van der Waals surface area (Å²) in [6, 6.07) is 3.55. The van der Waals surface area contributed by atoms with Gasteiger partial charge < -0.3 is 9.64 Å². The topological polar surface area (TPSA) is 42.4 Å². The van der Waals surface area contributed by atoms with E-state index in [0.717, 1.165) is 24.5 Å². The molecule has 0 spiro atoms. The van der Waals surface area contributed by atoms with Crippen LogP contribution in [0.4, 0.5) is 0 Å². The molecule has 0 aromatic carbocycles. The zero-order valence-corrected chi connectivity index (χ0v) is 11.9. The Hall–Kier alpha value is -1.42. The van der Waals surface area contributed by atoms with Crippen LogP contribution in [0, 0.1) is 12.8 Å². The van der Waals surface area contributed by atoms with Gasteiger partial charge in [-0.1, -0.05) is 13.8 Å². The van der Waals surface area contributed by atoms with Crippen molar-refractivity contribution in [2.24, 2.45) is 5.92 Å². The number of carbonyl (C=O) groups is 1. The average Bonchev–Trinajstić information content (AvgIpc) is 2.25. The third kappa shape index (κ3) is 4.45. The van der Waals surface area contributed by atoms with Gasteiger partial charge in [0.15, 0.2) is 0 Å². The predicted molar refractivity (Wildman–Crippen MR) is 71.5 cm³/mol. The Labute approximate surface area is 109 Å². The lowest BCUT2D eigenvalue weighted by molar-refractivity contribution is 0.0600. The van der Waals surface area contributed by atoms with Crippen molar-refractivity contribution in [3.05, 3.63) is 29.1 Å². The van der Waals surface area contributed by atoms with Crippen LogP contribution in [0.5, 0.6) is 0 Å².